The van der Waals surface area contributed by atoms with Crippen LogP contribution in [0.25, 0.3) is 0 Å². The molecule has 3 rings (SSSR count). The molecular formula is C20H15N3O4. The van der Waals surface area contributed by atoms with Crippen LogP contribution in [0.1, 0.15) is 15.9 Å². The molecule has 0 fully saturated rings. The summed E-state index contributed by atoms with van der Waals surface area (Å²) in [4.78, 5) is 22.9. The Labute approximate surface area is 155 Å². The van der Waals surface area contributed by atoms with E-state index in [2.05, 4.69) is 10.5 Å². The number of hydrazone groups is 1. The van der Waals surface area contributed by atoms with E-state index in [1.165, 1.54) is 18.3 Å². The summed E-state index contributed by atoms with van der Waals surface area (Å²) in [6.45, 7) is 0. The molecule has 0 spiro atoms. The highest BCUT2D eigenvalue weighted by atomic mass is 16.6. The fraction of sp³-hybridized carbons (Fsp3) is 0. The monoisotopic (exact) mass is 361 g/mol. The van der Waals surface area contributed by atoms with Gasteiger partial charge in [0, 0.05) is 11.6 Å². The number of carbonyl (C=O) groups is 1. The number of benzene rings is 3. The normalized spacial score (nSPS) is 10.5. The number of hydrogen-bond acceptors (Lipinski definition) is 6. The van der Waals surface area contributed by atoms with Crippen LogP contribution in [-0.4, -0.2) is 17.1 Å². The van der Waals surface area contributed by atoms with Crippen molar-refractivity contribution in [1.82, 2.24) is 0 Å². The third-order valence-electron chi connectivity index (χ3n) is 3.57. The van der Waals surface area contributed by atoms with E-state index in [1.807, 2.05) is 30.3 Å². The van der Waals surface area contributed by atoms with Crippen molar-refractivity contribution in [3.8, 4) is 5.75 Å². The smallest absolute Gasteiger partial charge is 0.343 e. The summed E-state index contributed by atoms with van der Waals surface area (Å²) in [6, 6.07) is 21.8. The molecule has 134 valence electrons. The lowest BCUT2D eigenvalue weighted by molar-refractivity contribution is -0.385. The molecule has 0 saturated heterocycles. The van der Waals surface area contributed by atoms with E-state index in [9.17, 15) is 14.9 Å². The SMILES string of the molecule is O=C(Oc1ccc(/C=N/Nc2ccccc2)cc1[N+](=O)[O-])c1ccccc1. The summed E-state index contributed by atoms with van der Waals surface area (Å²) in [5.41, 5.74) is 4.10. The standard InChI is InChI=1S/C20H15N3O4/c24-20(16-7-3-1-4-8-16)27-19-12-11-15(13-18(19)23(25)26)14-21-22-17-9-5-2-6-10-17/h1-14,22H/b21-14+. The molecule has 27 heavy (non-hydrogen) atoms. The Balaban J connectivity index is 1.76. The van der Waals surface area contributed by atoms with Crippen molar-refractivity contribution < 1.29 is 14.5 Å². The van der Waals surface area contributed by atoms with E-state index in [0.29, 0.717) is 11.1 Å². The fourth-order valence-electron chi connectivity index (χ4n) is 2.27. The van der Waals surface area contributed by atoms with Crippen LogP contribution in [0.2, 0.25) is 0 Å². The first kappa shape index (κ1) is 17.8. The maximum Gasteiger partial charge on any atom is 0.343 e. The number of rotatable bonds is 6. The summed E-state index contributed by atoms with van der Waals surface area (Å²) in [7, 11) is 0. The van der Waals surface area contributed by atoms with E-state index in [0.717, 1.165) is 5.69 Å². The molecule has 0 saturated carbocycles. The Morgan fingerprint density at radius 2 is 1.67 bits per heavy atom. The summed E-state index contributed by atoms with van der Waals surface area (Å²) in [5, 5.41) is 15.4. The number of nitro groups is 1. The molecule has 3 aromatic carbocycles. The zero-order valence-electron chi connectivity index (χ0n) is 14.1. The van der Waals surface area contributed by atoms with Crippen molar-refractivity contribution in [2.24, 2.45) is 5.10 Å². The number of ether oxygens (including phenoxy) is 1. The van der Waals surface area contributed by atoms with E-state index >= 15 is 0 Å². The van der Waals surface area contributed by atoms with Gasteiger partial charge in [-0.3, -0.25) is 15.5 Å². The molecule has 3 aromatic rings. The van der Waals surface area contributed by atoms with Crippen molar-refractivity contribution >= 4 is 23.6 Å². The summed E-state index contributed by atoms with van der Waals surface area (Å²) >= 11 is 0. The minimum absolute atomic E-state index is 0.123. The lowest BCUT2D eigenvalue weighted by Gasteiger charge is -2.06. The third-order valence-corrected chi connectivity index (χ3v) is 3.57. The van der Waals surface area contributed by atoms with Gasteiger partial charge in [-0.1, -0.05) is 36.4 Å². The minimum atomic E-state index is -0.661. The number of nitrogens with one attached hydrogen (secondary N) is 1. The summed E-state index contributed by atoms with van der Waals surface area (Å²) in [5.74, 6) is -0.784. The predicted molar refractivity (Wildman–Crippen MR) is 102 cm³/mol. The van der Waals surface area contributed by atoms with Gasteiger partial charge in [0.05, 0.1) is 22.4 Å². The number of esters is 1. The highest BCUT2D eigenvalue weighted by Crippen LogP contribution is 2.28. The van der Waals surface area contributed by atoms with Gasteiger partial charge < -0.3 is 4.74 Å². The average Bonchev–Trinajstić information content (AvgIpc) is 2.70. The maximum atomic E-state index is 12.1. The highest BCUT2D eigenvalue weighted by molar-refractivity contribution is 5.91. The second-order valence-electron chi connectivity index (χ2n) is 5.48. The van der Waals surface area contributed by atoms with Crippen molar-refractivity contribution in [1.29, 1.82) is 0 Å². The van der Waals surface area contributed by atoms with Crippen LogP contribution in [0.3, 0.4) is 0 Å². The molecule has 0 radical (unpaired) electrons. The van der Waals surface area contributed by atoms with Gasteiger partial charge in [-0.15, -0.1) is 0 Å². The molecule has 0 aliphatic heterocycles. The lowest BCUT2D eigenvalue weighted by atomic mass is 10.2. The Hall–Kier alpha value is -4.00. The highest BCUT2D eigenvalue weighted by Gasteiger charge is 2.19. The second-order valence-corrected chi connectivity index (χ2v) is 5.48. The number of para-hydroxylation sites is 1. The predicted octanol–water partition coefficient (Wildman–Crippen LogP) is 4.26. The van der Waals surface area contributed by atoms with E-state index in [-0.39, 0.29) is 11.4 Å². The van der Waals surface area contributed by atoms with Crippen LogP contribution in [-0.2, 0) is 0 Å². The van der Waals surface area contributed by atoms with Crippen LogP contribution in [0.15, 0.2) is 84.0 Å². The van der Waals surface area contributed by atoms with Gasteiger partial charge in [0.15, 0.2) is 0 Å². The van der Waals surface area contributed by atoms with E-state index in [4.69, 9.17) is 4.74 Å². The number of carbonyl (C=O) groups excluding carboxylic acids is 1. The zero-order valence-corrected chi connectivity index (χ0v) is 14.1. The Morgan fingerprint density at radius 3 is 2.33 bits per heavy atom. The van der Waals surface area contributed by atoms with Crippen LogP contribution in [0.4, 0.5) is 11.4 Å². The average molecular weight is 361 g/mol. The first-order valence-electron chi connectivity index (χ1n) is 8.03. The molecular weight excluding hydrogens is 346 g/mol. The number of hydrogen-bond donors (Lipinski definition) is 1. The summed E-state index contributed by atoms with van der Waals surface area (Å²) < 4.78 is 5.18. The molecule has 0 heterocycles. The molecule has 0 aromatic heterocycles. The molecule has 0 atom stereocenters. The van der Waals surface area contributed by atoms with Crippen LogP contribution < -0.4 is 10.2 Å². The topological polar surface area (TPSA) is 93.8 Å². The van der Waals surface area contributed by atoms with Crippen molar-refractivity contribution in [2.45, 2.75) is 0 Å². The number of anilines is 1. The second kappa shape index (κ2) is 8.39. The molecule has 0 aliphatic rings. The van der Waals surface area contributed by atoms with Gasteiger partial charge in [0.1, 0.15) is 0 Å². The van der Waals surface area contributed by atoms with Gasteiger partial charge in [-0.25, -0.2) is 4.79 Å². The Morgan fingerprint density at radius 1 is 1.00 bits per heavy atom. The molecule has 0 bridgehead atoms. The molecule has 0 amide bonds. The van der Waals surface area contributed by atoms with E-state index in [1.54, 1.807) is 36.4 Å². The zero-order chi connectivity index (χ0) is 19.1. The maximum absolute atomic E-state index is 12.1. The summed E-state index contributed by atoms with van der Waals surface area (Å²) in [6.07, 6.45) is 1.45. The first-order chi connectivity index (χ1) is 13.1. The quantitative estimate of drug-likeness (QED) is 0.233. The van der Waals surface area contributed by atoms with E-state index < -0.39 is 10.9 Å². The minimum Gasteiger partial charge on any atom is -0.416 e. The molecule has 0 aliphatic carbocycles. The van der Waals surface area contributed by atoms with Crippen molar-refractivity contribution in [2.75, 3.05) is 5.43 Å². The Bertz CT molecular complexity index is 973. The molecule has 7 nitrogen and oxygen atoms in total. The Kier molecular flexibility index (Phi) is 5.54. The van der Waals surface area contributed by atoms with Gasteiger partial charge in [-0.05, 0) is 36.4 Å². The van der Waals surface area contributed by atoms with Gasteiger partial charge in [0.2, 0.25) is 5.75 Å². The molecule has 7 heteroatoms. The lowest BCUT2D eigenvalue weighted by Crippen LogP contribution is -2.09. The molecule has 0 unspecified atom stereocenters. The van der Waals surface area contributed by atoms with Gasteiger partial charge in [-0.2, -0.15) is 5.10 Å². The third kappa shape index (κ3) is 4.76. The van der Waals surface area contributed by atoms with Crippen molar-refractivity contribution in [3.63, 3.8) is 0 Å². The van der Waals surface area contributed by atoms with Crippen LogP contribution >= 0.6 is 0 Å². The largest absolute Gasteiger partial charge is 0.416 e. The number of nitro benzene ring substituents is 1. The van der Waals surface area contributed by atoms with Gasteiger partial charge >= 0.3 is 11.7 Å². The molecule has 1 N–H and O–H groups in total. The fourth-order valence-corrected chi connectivity index (χ4v) is 2.27. The van der Waals surface area contributed by atoms with Crippen LogP contribution in [0, 0.1) is 10.1 Å². The van der Waals surface area contributed by atoms with Gasteiger partial charge in [0.25, 0.3) is 0 Å². The van der Waals surface area contributed by atoms with Crippen LogP contribution in [0.5, 0.6) is 5.75 Å². The number of nitrogens with zero attached hydrogens (tertiary/aromatic N) is 2. The van der Waals surface area contributed by atoms with Crippen molar-refractivity contribution in [3.05, 3.63) is 100 Å². The first-order valence-corrected chi connectivity index (χ1v) is 8.03.